The summed E-state index contributed by atoms with van der Waals surface area (Å²) in [5, 5.41) is 0. The predicted octanol–water partition coefficient (Wildman–Crippen LogP) is 5.08. The van der Waals surface area contributed by atoms with E-state index in [1.54, 1.807) is 0 Å². The summed E-state index contributed by atoms with van der Waals surface area (Å²) < 4.78 is 0. The molecule has 0 spiro atoms. The minimum absolute atomic E-state index is 0.264. The van der Waals surface area contributed by atoms with Gasteiger partial charge in [0.25, 0.3) is 0 Å². The fourth-order valence-corrected chi connectivity index (χ4v) is 3.91. The van der Waals surface area contributed by atoms with Crippen LogP contribution in [-0.2, 0) is 6.42 Å². The lowest BCUT2D eigenvalue weighted by molar-refractivity contribution is 0.796. The molecule has 0 radical (unpaired) electrons. The number of para-hydroxylation sites is 4. The third-order valence-electron chi connectivity index (χ3n) is 5.36. The van der Waals surface area contributed by atoms with E-state index in [-0.39, 0.29) is 5.92 Å². The summed E-state index contributed by atoms with van der Waals surface area (Å²) in [7, 11) is 0. The molecule has 4 nitrogen and oxygen atoms in total. The molecule has 0 amide bonds. The molecule has 6 rings (SSSR count). The van der Waals surface area contributed by atoms with Gasteiger partial charge in [-0.15, -0.1) is 0 Å². The summed E-state index contributed by atoms with van der Waals surface area (Å²) in [6.07, 6.45) is 5.16. The van der Waals surface area contributed by atoms with Crippen LogP contribution < -0.4 is 0 Å². The lowest BCUT2D eigenvalue weighted by Crippen LogP contribution is -2.09. The van der Waals surface area contributed by atoms with Gasteiger partial charge in [0.2, 0.25) is 0 Å². The number of aromatic nitrogens is 4. The Bertz CT molecular complexity index is 1400. The molecule has 0 bridgehead atoms. The van der Waals surface area contributed by atoms with Crippen molar-refractivity contribution in [2.45, 2.75) is 12.3 Å². The molecule has 2 aromatic heterocycles. The Labute approximate surface area is 161 Å². The van der Waals surface area contributed by atoms with Gasteiger partial charge >= 0.3 is 0 Å². The average molecular weight is 360 g/mol. The van der Waals surface area contributed by atoms with Crippen molar-refractivity contribution in [3.63, 3.8) is 0 Å². The Morgan fingerprint density at radius 1 is 0.607 bits per heavy atom. The highest BCUT2D eigenvalue weighted by molar-refractivity contribution is 5.86. The predicted molar refractivity (Wildman–Crippen MR) is 112 cm³/mol. The molecule has 4 heteroatoms. The smallest absolute Gasteiger partial charge is 0.0897 e. The molecule has 1 atom stereocenters. The molecule has 0 fully saturated rings. The molecule has 2 heterocycles. The zero-order chi connectivity index (χ0) is 18.5. The summed E-state index contributed by atoms with van der Waals surface area (Å²) in [6, 6.07) is 22.4. The fourth-order valence-electron chi connectivity index (χ4n) is 3.91. The van der Waals surface area contributed by atoms with Crippen LogP contribution in [0, 0.1) is 0 Å². The zero-order valence-corrected chi connectivity index (χ0v) is 15.1. The van der Waals surface area contributed by atoms with Crippen LogP contribution in [0.5, 0.6) is 0 Å². The highest BCUT2D eigenvalue weighted by Gasteiger charge is 2.19. The van der Waals surface area contributed by atoms with Crippen molar-refractivity contribution in [2.24, 2.45) is 0 Å². The molecule has 0 saturated heterocycles. The molecular weight excluding hydrogens is 344 g/mol. The Morgan fingerprint density at radius 3 is 1.96 bits per heavy atom. The van der Waals surface area contributed by atoms with Crippen LogP contribution in [0.15, 0.2) is 72.8 Å². The lowest BCUT2D eigenvalue weighted by atomic mass is 9.89. The third-order valence-corrected chi connectivity index (χ3v) is 5.36. The Hall–Kier alpha value is -3.66. The Balaban J connectivity index is 1.42. The highest BCUT2D eigenvalue weighted by atomic mass is 14.8. The first kappa shape index (κ1) is 15.4. The number of fused-ring (bicyclic) bond motifs is 4. The second-order valence-electron chi connectivity index (χ2n) is 7.17. The maximum atomic E-state index is 4.85. The van der Waals surface area contributed by atoms with Gasteiger partial charge in [-0.3, -0.25) is 0 Å². The highest BCUT2D eigenvalue weighted by Crippen LogP contribution is 2.31. The van der Waals surface area contributed by atoms with Gasteiger partial charge in [0, 0.05) is 12.3 Å². The Morgan fingerprint density at radius 2 is 1.21 bits per heavy atom. The lowest BCUT2D eigenvalue weighted by Gasteiger charge is -2.19. The van der Waals surface area contributed by atoms with Crippen LogP contribution in [0.2, 0.25) is 0 Å². The molecule has 0 aliphatic heterocycles. The van der Waals surface area contributed by atoms with Gasteiger partial charge < -0.3 is 0 Å². The molecule has 0 saturated carbocycles. The van der Waals surface area contributed by atoms with E-state index in [2.05, 4.69) is 30.4 Å². The first-order chi connectivity index (χ1) is 13.8. The standard InChI is InChI=1S/C24H16N4/c1-3-7-19-17(5-1)25-21-11-9-15(13-23(21)27-19)16-10-12-22-24(14-16)28-20-8-4-2-6-18(20)26-22/h1-13,16H,14H2. The van der Waals surface area contributed by atoms with Crippen molar-refractivity contribution in [2.75, 3.05) is 0 Å². The minimum Gasteiger partial charge on any atom is -0.249 e. The maximum absolute atomic E-state index is 4.85. The number of nitrogens with zero attached hydrogens (tertiary/aromatic N) is 4. The summed E-state index contributed by atoms with van der Waals surface area (Å²) in [6.45, 7) is 0. The average Bonchev–Trinajstić information content (AvgIpc) is 2.75. The van der Waals surface area contributed by atoms with Crippen LogP contribution in [0.4, 0.5) is 0 Å². The van der Waals surface area contributed by atoms with Crippen LogP contribution in [-0.4, -0.2) is 19.9 Å². The van der Waals surface area contributed by atoms with Gasteiger partial charge in [-0.2, -0.15) is 0 Å². The number of rotatable bonds is 1. The molecule has 1 aliphatic rings. The third kappa shape index (κ3) is 2.46. The maximum Gasteiger partial charge on any atom is 0.0897 e. The quantitative estimate of drug-likeness (QED) is 0.391. The summed E-state index contributed by atoms with van der Waals surface area (Å²) in [4.78, 5) is 19.1. The van der Waals surface area contributed by atoms with Crippen LogP contribution >= 0.6 is 0 Å². The first-order valence-electron chi connectivity index (χ1n) is 9.44. The van der Waals surface area contributed by atoms with E-state index < -0.39 is 0 Å². The first-order valence-corrected chi connectivity index (χ1v) is 9.44. The van der Waals surface area contributed by atoms with Crippen LogP contribution in [0.1, 0.15) is 22.9 Å². The Kier molecular flexibility index (Phi) is 3.26. The van der Waals surface area contributed by atoms with Crippen LogP contribution in [0.3, 0.4) is 0 Å². The zero-order valence-electron chi connectivity index (χ0n) is 15.1. The SMILES string of the molecule is C1=CC(c2ccc3nc4ccccc4nc3c2)Cc2nc3ccccc3nc21. The van der Waals surface area contributed by atoms with Gasteiger partial charge in [-0.05, 0) is 48.0 Å². The van der Waals surface area contributed by atoms with Gasteiger partial charge in [-0.1, -0.05) is 36.4 Å². The largest absolute Gasteiger partial charge is 0.249 e. The van der Waals surface area contributed by atoms with Crippen molar-refractivity contribution < 1.29 is 0 Å². The van der Waals surface area contributed by atoms with E-state index in [0.29, 0.717) is 0 Å². The van der Waals surface area contributed by atoms with Gasteiger partial charge in [0.1, 0.15) is 0 Å². The number of benzene rings is 3. The van der Waals surface area contributed by atoms with Crippen molar-refractivity contribution >= 4 is 39.2 Å². The van der Waals surface area contributed by atoms with Crippen molar-refractivity contribution in [1.82, 2.24) is 19.9 Å². The topological polar surface area (TPSA) is 51.6 Å². The van der Waals surface area contributed by atoms with E-state index in [4.69, 9.17) is 19.9 Å². The number of hydrogen-bond acceptors (Lipinski definition) is 4. The minimum atomic E-state index is 0.264. The fraction of sp³-hybridized carbons (Fsp3) is 0.0833. The van der Waals surface area contributed by atoms with E-state index in [0.717, 1.165) is 50.9 Å². The van der Waals surface area contributed by atoms with Crippen molar-refractivity contribution in [3.8, 4) is 0 Å². The molecule has 3 aromatic carbocycles. The second kappa shape index (κ2) is 5.92. The normalized spacial score (nSPS) is 15.9. The van der Waals surface area contributed by atoms with E-state index in [9.17, 15) is 0 Å². The molecule has 5 aromatic rings. The molecule has 0 N–H and O–H groups in total. The van der Waals surface area contributed by atoms with Crippen molar-refractivity contribution in [1.29, 1.82) is 0 Å². The molecule has 132 valence electrons. The number of allylic oxidation sites excluding steroid dienone is 1. The van der Waals surface area contributed by atoms with Crippen LogP contribution in [0.25, 0.3) is 39.2 Å². The molecule has 1 aliphatic carbocycles. The van der Waals surface area contributed by atoms with Crippen molar-refractivity contribution in [3.05, 3.63) is 89.8 Å². The molecule has 1 unspecified atom stereocenters. The molecule has 28 heavy (non-hydrogen) atoms. The van der Waals surface area contributed by atoms with Gasteiger partial charge in [0.05, 0.1) is 44.5 Å². The molecular formula is C24H16N4. The summed E-state index contributed by atoms with van der Waals surface area (Å²) >= 11 is 0. The van der Waals surface area contributed by atoms with E-state index in [1.165, 1.54) is 5.56 Å². The summed E-state index contributed by atoms with van der Waals surface area (Å²) in [5.74, 6) is 0.264. The van der Waals surface area contributed by atoms with E-state index >= 15 is 0 Å². The summed E-state index contributed by atoms with van der Waals surface area (Å²) in [5.41, 5.74) is 8.86. The van der Waals surface area contributed by atoms with Gasteiger partial charge in [-0.25, -0.2) is 19.9 Å². The monoisotopic (exact) mass is 360 g/mol. The number of hydrogen-bond donors (Lipinski definition) is 0. The second-order valence-corrected chi connectivity index (χ2v) is 7.17. The van der Waals surface area contributed by atoms with Gasteiger partial charge in [0.15, 0.2) is 0 Å². The van der Waals surface area contributed by atoms with E-state index in [1.807, 2.05) is 48.5 Å².